The third-order valence-corrected chi connectivity index (χ3v) is 4.00. The van der Waals surface area contributed by atoms with Crippen molar-refractivity contribution < 1.29 is 0 Å². The third kappa shape index (κ3) is 4.44. The average Bonchev–Trinajstić information content (AvgIpc) is 2.92. The molecule has 2 rings (SSSR count). The van der Waals surface area contributed by atoms with Crippen molar-refractivity contribution in [1.82, 2.24) is 10.3 Å². The van der Waals surface area contributed by atoms with Gasteiger partial charge in [0.05, 0.1) is 0 Å². The fraction of sp³-hybridized carbons (Fsp3) is 0.438. The standard InChI is InChI=1S/C16H22N2S/c1-3-8-18-16(5-4-14-7-10-19-12-14)15-6-9-17-13(2)11-15/h6-7,9-12,16,18H,3-5,8H2,1-2H3. The van der Waals surface area contributed by atoms with Crippen LogP contribution in [0.15, 0.2) is 35.2 Å². The minimum atomic E-state index is 0.432. The van der Waals surface area contributed by atoms with E-state index in [9.17, 15) is 0 Å². The van der Waals surface area contributed by atoms with E-state index in [1.165, 1.54) is 17.5 Å². The molecule has 1 N–H and O–H groups in total. The van der Waals surface area contributed by atoms with E-state index in [2.05, 4.69) is 53.1 Å². The van der Waals surface area contributed by atoms with E-state index in [1.807, 2.05) is 6.20 Å². The molecular formula is C16H22N2S. The first kappa shape index (κ1) is 14.2. The summed E-state index contributed by atoms with van der Waals surface area (Å²) in [7, 11) is 0. The molecule has 0 aliphatic heterocycles. The molecule has 1 atom stereocenters. The average molecular weight is 274 g/mol. The predicted octanol–water partition coefficient (Wildman–Crippen LogP) is 4.13. The van der Waals surface area contributed by atoms with Gasteiger partial charge in [-0.05, 0) is 72.8 Å². The predicted molar refractivity (Wildman–Crippen MR) is 82.6 cm³/mol. The van der Waals surface area contributed by atoms with Crippen LogP contribution < -0.4 is 5.32 Å². The Labute approximate surface area is 119 Å². The summed E-state index contributed by atoms with van der Waals surface area (Å²) in [5.41, 5.74) is 3.89. The summed E-state index contributed by atoms with van der Waals surface area (Å²) >= 11 is 1.78. The molecule has 0 fully saturated rings. The van der Waals surface area contributed by atoms with Crippen LogP contribution in [0, 0.1) is 6.92 Å². The van der Waals surface area contributed by atoms with Crippen LogP contribution in [0.4, 0.5) is 0 Å². The van der Waals surface area contributed by atoms with Gasteiger partial charge in [0.15, 0.2) is 0 Å². The van der Waals surface area contributed by atoms with Crippen LogP contribution in [0.5, 0.6) is 0 Å². The van der Waals surface area contributed by atoms with E-state index >= 15 is 0 Å². The second-order valence-corrected chi connectivity index (χ2v) is 5.69. The first-order chi connectivity index (χ1) is 9.29. The number of hydrogen-bond donors (Lipinski definition) is 1. The van der Waals surface area contributed by atoms with E-state index in [0.29, 0.717) is 6.04 Å². The van der Waals surface area contributed by atoms with Crippen molar-refractivity contribution >= 4 is 11.3 Å². The molecule has 0 radical (unpaired) electrons. The normalized spacial score (nSPS) is 12.5. The SMILES string of the molecule is CCCNC(CCc1ccsc1)c1ccnc(C)c1. The fourth-order valence-electron chi connectivity index (χ4n) is 2.24. The summed E-state index contributed by atoms with van der Waals surface area (Å²) in [5.74, 6) is 0. The van der Waals surface area contributed by atoms with Crippen molar-refractivity contribution in [1.29, 1.82) is 0 Å². The topological polar surface area (TPSA) is 24.9 Å². The maximum absolute atomic E-state index is 4.29. The maximum atomic E-state index is 4.29. The summed E-state index contributed by atoms with van der Waals surface area (Å²) in [4.78, 5) is 4.29. The van der Waals surface area contributed by atoms with Crippen molar-refractivity contribution in [3.05, 3.63) is 52.0 Å². The highest BCUT2D eigenvalue weighted by Crippen LogP contribution is 2.20. The molecule has 19 heavy (non-hydrogen) atoms. The van der Waals surface area contributed by atoms with Gasteiger partial charge in [0.1, 0.15) is 0 Å². The number of aryl methyl sites for hydroxylation is 2. The van der Waals surface area contributed by atoms with Crippen LogP contribution >= 0.6 is 11.3 Å². The largest absolute Gasteiger partial charge is 0.310 e. The molecule has 2 nitrogen and oxygen atoms in total. The lowest BCUT2D eigenvalue weighted by atomic mass is 10.00. The lowest BCUT2D eigenvalue weighted by molar-refractivity contribution is 0.499. The van der Waals surface area contributed by atoms with Crippen molar-refractivity contribution in [2.75, 3.05) is 6.54 Å². The second kappa shape index (κ2) is 7.41. The Balaban J connectivity index is 2.02. The van der Waals surface area contributed by atoms with E-state index < -0.39 is 0 Å². The molecule has 102 valence electrons. The second-order valence-electron chi connectivity index (χ2n) is 4.91. The zero-order chi connectivity index (χ0) is 13.5. The number of nitrogens with one attached hydrogen (secondary N) is 1. The van der Waals surface area contributed by atoms with Gasteiger partial charge in [-0.25, -0.2) is 0 Å². The van der Waals surface area contributed by atoms with E-state index in [1.54, 1.807) is 11.3 Å². The molecule has 0 aromatic carbocycles. The van der Waals surface area contributed by atoms with Crippen LogP contribution in [0.3, 0.4) is 0 Å². The first-order valence-corrected chi connectivity index (χ1v) is 7.91. The molecular weight excluding hydrogens is 252 g/mol. The summed E-state index contributed by atoms with van der Waals surface area (Å²) in [6.45, 7) is 5.33. The van der Waals surface area contributed by atoms with Gasteiger partial charge in [-0.3, -0.25) is 4.98 Å². The molecule has 2 aromatic heterocycles. The van der Waals surface area contributed by atoms with Crippen LogP contribution in [-0.2, 0) is 6.42 Å². The Bertz CT molecular complexity index is 479. The van der Waals surface area contributed by atoms with Gasteiger partial charge in [0.2, 0.25) is 0 Å². The van der Waals surface area contributed by atoms with Crippen molar-refractivity contribution in [2.24, 2.45) is 0 Å². The number of hydrogen-bond acceptors (Lipinski definition) is 3. The van der Waals surface area contributed by atoms with Gasteiger partial charge < -0.3 is 5.32 Å². The number of thiophene rings is 1. The number of nitrogens with zero attached hydrogens (tertiary/aromatic N) is 1. The molecule has 0 bridgehead atoms. The van der Waals surface area contributed by atoms with Gasteiger partial charge in [-0.1, -0.05) is 6.92 Å². The van der Waals surface area contributed by atoms with Gasteiger partial charge >= 0.3 is 0 Å². The minimum Gasteiger partial charge on any atom is -0.310 e. The lowest BCUT2D eigenvalue weighted by Crippen LogP contribution is -2.22. The Morgan fingerprint density at radius 2 is 2.26 bits per heavy atom. The lowest BCUT2D eigenvalue weighted by Gasteiger charge is -2.19. The highest BCUT2D eigenvalue weighted by Gasteiger charge is 2.11. The first-order valence-electron chi connectivity index (χ1n) is 6.96. The third-order valence-electron chi connectivity index (χ3n) is 3.27. The number of pyridine rings is 1. The van der Waals surface area contributed by atoms with E-state index in [0.717, 1.165) is 25.1 Å². The van der Waals surface area contributed by atoms with Gasteiger partial charge in [-0.15, -0.1) is 0 Å². The minimum absolute atomic E-state index is 0.432. The quantitative estimate of drug-likeness (QED) is 0.821. The zero-order valence-electron chi connectivity index (χ0n) is 11.7. The smallest absolute Gasteiger partial charge is 0.0375 e. The molecule has 0 spiro atoms. The fourth-order valence-corrected chi connectivity index (χ4v) is 2.94. The van der Waals surface area contributed by atoms with E-state index in [4.69, 9.17) is 0 Å². The highest BCUT2D eigenvalue weighted by atomic mass is 32.1. The Morgan fingerprint density at radius 1 is 1.37 bits per heavy atom. The molecule has 3 heteroatoms. The zero-order valence-corrected chi connectivity index (χ0v) is 12.5. The van der Waals surface area contributed by atoms with Crippen molar-refractivity contribution in [3.63, 3.8) is 0 Å². The highest BCUT2D eigenvalue weighted by molar-refractivity contribution is 7.07. The van der Waals surface area contributed by atoms with Crippen LogP contribution in [-0.4, -0.2) is 11.5 Å². The Morgan fingerprint density at radius 3 is 2.95 bits per heavy atom. The number of aromatic nitrogens is 1. The van der Waals surface area contributed by atoms with Crippen molar-refractivity contribution in [2.45, 2.75) is 39.2 Å². The van der Waals surface area contributed by atoms with Crippen LogP contribution in [0.25, 0.3) is 0 Å². The Kier molecular flexibility index (Phi) is 5.55. The molecule has 0 aliphatic carbocycles. The summed E-state index contributed by atoms with van der Waals surface area (Å²) < 4.78 is 0. The molecule has 2 heterocycles. The summed E-state index contributed by atoms with van der Waals surface area (Å²) in [6, 6.07) is 6.98. The molecule has 0 amide bonds. The van der Waals surface area contributed by atoms with Gasteiger partial charge in [0.25, 0.3) is 0 Å². The molecule has 0 saturated carbocycles. The monoisotopic (exact) mass is 274 g/mol. The summed E-state index contributed by atoms with van der Waals surface area (Å²) in [6.07, 6.45) is 5.35. The Hall–Kier alpha value is -1.19. The molecule has 0 saturated heterocycles. The number of rotatable bonds is 7. The molecule has 2 aromatic rings. The van der Waals surface area contributed by atoms with Crippen LogP contribution in [0.1, 0.15) is 42.6 Å². The van der Waals surface area contributed by atoms with Crippen molar-refractivity contribution in [3.8, 4) is 0 Å². The summed E-state index contributed by atoms with van der Waals surface area (Å²) in [5, 5.41) is 8.05. The van der Waals surface area contributed by atoms with E-state index in [-0.39, 0.29) is 0 Å². The molecule has 0 aliphatic rings. The van der Waals surface area contributed by atoms with Crippen LogP contribution in [0.2, 0.25) is 0 Å². The van der Waals surface area contributed by atoms with Gasteiger partial charge in [0, 0.05) is 17.9 Å². The maximum Gasteiger partial charge on any atom is 0.0375 e. The van der Waals surface area contributed by atoms with Gasteiger partial charge in [-0.2, -0.15) is 11.3 Å². The molecule has 1 unspecified atom stereocenters.